The van der Waals surface area contributed by atoms with Crippen LogP contribution in [0.3, 0.4) is 0 Å². The summed E-state index contributed by atoms with van der Waals surface area (Å²) < 4.78 is 15.4. The van der Waals surface area contributed by atoms with Crippen LogP contribution in [0.25, 0.3) is 0 Å². The molecule has 6 heteroatoms. The minimum absolute atomic E-state index is 0.320. The SMILES string of the molecule is C=CC(=O)OCCCCCCOc1ccc(OC(C)=O)c(Cl)c1. The lowest BCUT2D eigenvalue weighted by molar-refractivity contribution is -0.138. The normalized spacial score (nSPS) is 10.0. The van der Waals surface area contributed by atoms with E-state index in [2.05, 4.69) is 6.58 Å². The Morgan fingerprint density at radius 3 is 2.48 bits per heavy atom. The number of carbonyl (C=O) groups excluding carboxylic acids is 2. The predicted octanol–water partition coefficient (Wildman–Crippen LogP) is 3.93. The molecular weight excluding hydrogens is 320 g/mol. The number of unbranched alkanes of at least 4 members (excludes halogenated alkanes) is 3. The van der Waals surface area contributed by atoms with Crippen LogP contribution in [0.2, 0.25) is 5.02 Å². The summed E-state index contributed by atoms with van der Waals surface area (Å²) in [6.45, 7) is 5.63. The number of esters is 2. The molecule has 1 rings (SSSR count). The van der Waals surface area contributed by atoms with Gasteiger partial charge in [-0.2, -0.15) is 0 Å². The van der Waals surface area contributed by atoms with Gasteiger partial charge in [-0.1, -0.05) is 18.2 Å². The molecule has 0 aliphatic heterocycles. The largest absolute Gasteiger partial charge is 0.494 e. The molecule has 0 heterocycles. The van der Waals surface area contributed by atoms with Crippen LogP contribution >= 0.6 is 11.6 Å². The molecule has 0 bridgehead atoms. The number of hydrogen-bond donors (Lipinski definition) is 0. The lowest BCUT2D eigenvalue weighted by Crippen LogP contribution is -2.03. The first-order valence-electron chi connectivity index (χ1n) is 7.43. The minimum atomic E-state index is -0.417. The van der Waals surface area contributed by atoms with Gasteiger partial charge in [0.15, 0.2) is 0 Å². The molecule has 0 amide bonds. The molecule has 0 aliphatic carbocycles. The Balaban J connectivity index is 2.16. The molecule has 0 spiro atoms. The monoisotopic (exact) mass is 340 g/mol. The zero-order chi connectivity index (χ0) is 17.1. The summed E-state index contributed by atoms with van der Waals surface area (Å²) in [5.74, 6) is 0.146. The minimum Gasteiger partial charge on any atom is -0.494 e. The molecule has 5 nitrogen and oxygen atoms in total. The summed E-state index contributed by atoms with van der Waals surface area (Å²) in [5, 5.41) is 0.335. The zero-order valence-corrected chi connectivity index (χ0v) is 13.9. The molecular formula is C17H21ClO5. The highest BCUT2D eigenvalue weighted by Gasteiger charge is 2.06. The van der Waals surface area contributed by atoms with Gasteiger partial charge in [0.05, 0.1) is 18.2 Å². The number of halogens is 1. The van der Waals surface area contributed by atoms with E-state index in [9.17, 15) is 9.59 Å². The van der Waals surface area contributed by atoms with E-state index >= 15 is 0 Å². The molecule has 0 saturated carbocycles. The highest BCUT2D eigenvalue weighted by atomic mass is 35.5. The van der Waals surface area contributed by atoms with Gasteiger partial charge in [0.25, 0.3) is 0 Å². The van der Waals surface area contributed by atoms with Gasteiger partial charge >= 0.3 is 11.9 Å². The molecule has 0 fully saturated rings. The number of benzene rings is 1. The fourth-order valence-corrected chi connectivity index (χ4v) is 2.00. The Bertz CT molecular complexity index is 542. The van der Waals surface area contributed by atoms with Crippen molar-refractivity contribution in [3.05, 3.63) is 35.9 Å². The summed E-state index contributed by atoms with van der Waals surface area (Å²) in [7, 11) is 0. The van der Waals surface area contributed by atoms with E-state index in [0.717, 1.165) is 31.8 Å². The van der Waals surface area contributed by atoms with Gasteiger partial charge < -0.3 is 14.2 Å². The van der Waals surface area contributed by atoms with Crippen LogP contribution in [-0.4, -0.2) is 25.2 Å². The van der Waals surface area contributed by atoms with E-state index in [1.54, 1.807) is 18.2 Å². The average molecular weight is 341 g/mol. The lowest BCUT2D eigenvalue weighted by atomic mass is 10.2. The lowest BCUT2D eigenvalue weighted by Gasteiger charge is -2.09. The number of rotatable bonds is 10. The molecule has 0 atom stereocenters. The van der Waals surface area contributed by atoms with Crippen molar-refractivity contribution < 1.29 is 23.8 Å². The summed E-state index contributed by atoms with van der Waals surface area (Å²) >= 11 is 6.00. The van der Waals surface area contributed by atoms with Crippen LogP contribution in [0.5, 0.6) is 11.5 Å². The first kappa shape index (κ1) is 19.0. The molecule has 1 aromatic rings. The highest BCUT2D eigenvalue weighted by Crippen LogP contribution is 2.29. The number of hydrogen-bond acceptors (Lipinski definition) is 5. The first-order chi connectivity index (χ1) is 11.0. The fraction of sp³-hybridized carbons (Fsp3) is 0.412. The molecule has 0 N–H and O–H groups in total. The van der Waals surface area contributed by atoms with Crippen molar-refractivity contribution in [1.82, 2.24) is 0 Å². The average Bonchev–Trinajstić information content (AvgIpc) is 2.51. The van der Waals surface area contributed by atoms with Crippen LogP contribution in [0.4, 0.5) is 0 Å². The Hall–Kier alpha value is -2.01. The second-order valence-corrected chi connectivity index (χ2v) is 5.23. The van der Waals surface area contributed by atoms with Crippen LogP contribution in [0, 0.1) is 0 Å². The maximum atomic E-state index is 10.9. The van der Waals surface area contributed by atoms with Crippen molar-refractivity contribution in [3.63, 3.8) is 0 Å². The fourth-order valence-electron chi connectivity index (χ4n) is 1.79. The van der Waals surface area contributed by atoms with Gasteiger partial charge in [0, 0.05) is 19.1 Å². The molecule has 0 saturated heterocycles. The third kappa shape index (κ3) is 8.26. The van der Waals surface area contributed by atoms with Crippen LogP contribution < -0.4 is 9.47 Å². The second-order valence-electron chi connectivity index (χ2n) is 4.82. The van der Waals surface area contributed by atoms with Crippen molar-refractivity contribution in [2.75, 3.05) is 13.2 Å². The maximum Gasteiger partial charge on any atom is 0.330 e. The molecule has 0 aromatic heterocycles. The Labute approximate surface area is 141 Å². The Morgan fingerprint density at radius 2 is 1.87 bits per heavy atom. The van der Waals surface area contributed by atoms with Crippen molar-refractivity contribution in [2.45, 2.75) is 32.6 Å². The van der Waals surface area contributed by atoms with Crippen molar-refractivity contribution in [1.29, 1.82) is 0 Å². The van der Waals surface area contributed by atoms with Crippen LogP contribution in [0.1, 0.15) is 32.6 Å². The van der Waals surface area contributed by atoms with Crippen LogP contribution in [0.15, 0.2) is 30.9 Å². The van der Waals surface area contributed by atoms with Gasteiger partial charge in [-0.3, -0.25) is 4.79 Å². The number of ether oxygens (including phenoxy) is 3. The summed E-state index contributed by atoms with van der Waals surface area (Å²) in [4.78, 5) is 21.7. The topological polar surface area (TPSA) is 61.8 Å². The molecule has 1 aromatic carbocycles. The summed E-state index contributed by atoms with van der Waals surface area (Å²) in [5.41, 5.74) is 0. The van der Waals surface area contributed by atoms with Crippen molar-refractivity contribution >= 4 is 23.5 Å². The van der Waals surface area contributed by atoms with Gasteiger partial charge in [-0.15, -0.1) is 0 Å². The van der Waals surface area contributed by atoms with E-state index in [0.29, 0.717) is 29.7 Å². The van der Waals surface area contributed by atoms with Gasteiger partial charge in [0.1, 0.15) is 11.5 Å². The smallest absolute Gasteiger partial charge is 0.330 e. The maximum absolute atomic E-state index is 10.9. The molecule has 23 heavy (non-hydrogen) atoms. The van der Waals surface area contributed by atoms with Gasteiger partial charge in [0.2, 0.25) is 0 Å². The van der Waals surface area contributed by atoms with E-state index in [4.69, 9.17) is 25.8 Å². The second kappa shape index (κ2) is 10.7. The van der Waals surface area contributed by atoms with Gasteiger partial charge in [-0.25, -0.2) is 4.79 Å². The zero-order valence-electron chi connectivity index (χ0n) is 13.2. The quantitative estimate of drug-likeness (QED) is 0.279. The van der Waals surface area contributed by atoms with Crippen molar-refractivity contribution in [2.24, 2.45) is 0 Å². The Morgan fingerprint density at radius 1 is 1.17 bits per heavy atom. The standard InChI is InChI=1S/C17H21ClO5/c1-3-17(20)22-11-7-5-4-6-10-21-14-8-9-16(15(18)12-14)23-13(2)19/h3,8-9,12H,1,4-7,10-11H2,2H3. The molecule has 126 valence electrons. The predicted molar refractivity (Wildman–Crippen MR) is 87.9 cm³/mol. The van der Waals surface area contributed by atoms with Gasteiger partial charge in [-0.05, 0) is 37.8 Å². The Kier molecular flexibility index (Phi) is 8.83. The summed E-state index contributed by atoms with van der Waals surface area (Å²) in [6.07, 6.45) is 4.80. The van der Waals surface area contributed by atoms with E-state index < -0.39 is 5.97 Å². The molecule has 0 radical (unpaired) electrons. The van der Waals surface area contributed by atoms with E-state index in [-0.39, 0.29) is 5.97 Å². The molecule has 0 aliphatic rings. The molecule has 0 unspecified atom stereocenters. The van der Waals surface area contributed by atoms with E-state index in [1.165, 1.54) is 6.92 Å². The van der Waals surface area contributed by atoms with Crippen molar-refractivity contribution in [3.8, 4) is 11.5 Å². The van der Waals surface area contributed by atoms with E-state index in [1.807, 2.05) is 0 Å². The highest BCUT2D eigenvalue weighted by molar-refractivity contribution is 6.32. The number of carbonyl (C=O) groups is 2. The third-order valence-corrected chi connectivity index (χ3v) is 3.17. The van der Waals surface area contributed by atoms with Crippen LogP contribution in [-0.2, 0) is 14.3 Å². The first-order valence-corrected chi connectivity index (χ1v) is 7.80. The third-order valence-electron chi connectivity index (χ3n) is 2.88. The summed E-state index contributed by atoms with van der Waals surface area (Å²) in [6, 6.07) is 4.93.